The highest BCUT2D eigenvalue weighted by atomic mass is 16.6. The summed E-state index contributed by atoms with van der Waals surface area (Å²) in [6.07, 6.45) is 42.2. The lowest BCUT2D eigenvalue weighted by Gasteiger charge is -2.07. The molecule has 0 heterocycles. The number of ether oxygens (including phenoxy) is 2. The van der Waals surface area contributed by atoms with Gasteiger partial charge in [-0.25, -0.2) is 0 Å². The summed E-state index contributed by atoms with van der Waals surface area (Å²) in [5, 5.41) is 0. The van der Waals surface area contributed by atoms with Crippen LogP contribution in [0.2, 0.25) is 0 Å². The summed E-state index contributed by atoms with van der Waals surface area (Å²) < 4.78 is 10.5. The second-order valence-corrected chi connectivity index (χ2v) is 15.6. The molecule has 0 rings (SSSR count). The van der Waals surface area contributed by atoms with E-state index in [9.17, 15) is 9.59 Å². The van der Waals surface area contributed by atoms with E-state index in [4.69, 9.17) is 9.47 Å². The lowest BCUT2D eigenvalue weighted by atomic mass is 10.0. The third-order valence-corrected chi connectivity index (χ3v) is 9.67. The third kappa shape index (κ3) is 41.0. The van der Waals surface area contributed by atoms with Gasteiger partial charge in [-0.15, -0.1) is 0 Å². The van der Waals surface area contributed by atoms with Crippen molar-refractivity contribution in [2.45, 2.75) is 240 Å². The Morgan fingerprint density at radius 1 is 0.319 bits per heavy atom. The van der Waals surface area contributed by atoms with Gasteiger partial charge in [0.05, 0.1) is 13.2 Å². The number of hydrogen-bond donors (Lipinski definition) is 0. The molecule has 0 unspecified atom stereocenters. The van der Waals surface area contributed by atoms with Crippen molar-refractivity contribution in [3.8, 4) is 0 Å². The standard InChI is InChI=1S/C43H84O4/c1-40(2)35-31-27-23-19-15-11-7-5-9-13-17-21-25-29-33-37-46-42(44)39-43(45)47-38-34-30-26-22-18-14-10-6-8-12-16-20-24-28-32-36-41(3)4/h40-41H,5-39H2,1-4H3. The van der Waals surface area contributed by atoms with Crippen molar-refractivity contribution in [3.63, 3.8) is 0 Å². The molecule has 0 aliphatic carbocycles. The van der Waals surface area contributed by atoms with Gasteiger partial charge in [-0.1, -0.05) is 220 Å². The monoisotopic (exact) mass is 665 g/mol. The van der Waals surface area contributed by atoms with E-state index in [0.717, 1.165) is 37.5 Å². The van der Waals surface area contributed by atoms with Crippen LogP contribution in [0.25, 0.3) is 0 Å². The Kier molecular flexibility index (Phi) is 36.9. The SMILES string of the molecule is CC(C)CCCCCCCCCCCCCCCCCOC(=O)CC(=O)OCCCCCCCCCCCCCCCCCC(C)C. The zero-order chi connectivity index (χ0) is 34.5. The van der Waals surface area contributed by atoms with Crippen LogP contribution in [0, 0.1) is 11.8 Å². The normalized spacial score (nSPS) is 11.5. The zero-order valence-corrected chi connectivity index (χ0v) is 32.5. The van der Waals surface area contributed by atoms with Crippen LogP contribution >= 0.6 is 0 Å². The van der Waals surface area contributed by atoms with E-state index in [1.807, 2.05) is 0 Å². The summed E-state index contributed by atoms with van der Waals surface area (Å²) in [4.78, 5) is 23.8. The van der Waals surface area contributed by atoms with Gasteiger partial charge >= 0.3 is 11.9 Å². The van der Waals surface area contributed by atoms with Crippen LogP contribution in [0.5, 0.6) is 0 Å². The van der Waals surface area contributed by atoms with E-state index in [0.29, 0.717) is 13.2 Å². The van der Waals surface area contributed by atoms with Crippen LogP contribution in [0.3, 0.4) is 0 Å². The Morgan fingerprint density at radius 3 is 0.723 bits per heavy atom. The van der Waals surface area contributed by atoms with Crippen molar-refractivity contribution in [3.05, 3.63) is 0 Å². The van der Waals surface area contributed by atoms with Gasteiger partial charge in [0.1, 0.15) is 6.42 Å². The average molecular weight is 665 g/mol. The van der Waals surface area contributed by atoms with Crippen molar-refractivity contribution >= 4 is 11.9 Å². The lowest BCUT2D eigenvalue weighted by Crippen LogP contribution is -2.15. The number of carbonyl (C=O) groups is 2. The van der Waals surface area contributed by atoms with Crippen molar-refractivity contribution in [1.82, 2.24) is 0 Å². The first-order chi connectivity index (χ1) is 22.9. The summed E-state index contributed by atoms with van der Waals surface area (Å²) in [5.41, 5.74) is 0. The predicted molar refractivity (Wildman–Crippen MR) is 204 cm³/mol. The number of rotatable bonds is 38. The Morgan fingerprint density at radius 2 is 0.511 bits per heavy atom. The molecule has 0 aliphatic rings. The topological polar surface area (TPSA) is 52.6 Å². The van der Waals surface area contributed by atoms with Crippen molar-refractivity contribution < 1.29 is 19.1 Å². The molecular weight excluding hydrogens is 580 g/mol. The van der Waals surface area contributed by atoms with Crippen LogP contribution in [0.1, 0.15) is 240 Å². The fraction of sp³-hybridized carbons (Fsp3) is 0.953. The molecule has 0 N–H and O–H groups in total. The second-order valence-electron chi connectivity index (χ2n) is 15.6. The minimum atomic E-state index is -0.446. The molecule has 0 bridgehead atoms. The molecule has 47 heavy (non-hydrogen) atoms. The maximum Gasteiger partial charge on any atom is 0.317 e. The van der Waals surface area contributed by atoms with E-state index in [2.05, 4.69) is 27.7 Å². The maximum atomic E-state index is 11.9. The van der Waals surface area contributed by atoms with E-state index in [1.165, 1.54) is 180 Å². The molecule has 0 saturated heterocycles. The highest BCUT2D eigenvalue weighted by Gasteiger charge is 2.11. The number of carbonyl (C=O) groups excluding carboxylic acids is 2. The van der Waals surface area contributed by atoms with Gasteiger partial charge in [0, 0.05) is 0 Å². The van der Waals surface area contributed by atoms with Gasteiger partial charge in [0.25, 0.3) is 0 Å². The van der Waals surface area contributed by atoms with Crippen LogP contribution in [0.15, 0.2) is 0 Å². The first-order valence-corrected chi connectivity index (χ1v) is 21.2. The predicted octanol–water partition coefficient (Wildman–Crippen LogP) is 14.3. The highest BCUT2D eigenvalue weighted by molar-refractivity contribution is 5.91. The molecule has 0 amide bonds. The van der Waals surface area contributed by atoms with E-state index in [1.54, 1.807) is 0 Å². The van der Waals surface area contributed by atoms with Gasteiger partial charge in [0.15, 0.2) is 0 Å². The molecule has 0 aliphatic heterocycles. The molecule has 0 spiro atoms. The van der Waals surface area contributed by atoms with E-state index >= 15 is 0 Å². The van der Waals surface area contributed by atoms with Gasteiger partial charge in [-0.3, -0.25) is 9.59 Å². The molecule has 0 saturated carbocycles. The molecule has 0 aromatic rings. The van der Waals surface area contributed by atoms with E-state index < -0.39 is 11.9 Å². The number of unbranched alkanes of at least 4 members (excludes halogenated alkanes) is 28. The molecule has 4 nitrogen and oxygen atoms in total. The second kappa shape index (κ2) is 37.8. The van der Waals surface area contributed by atoms with Crippen LogP contribution < -0.4 is 0 Å². The largest absolute Gasteiger partial charge is 0.465 e. The fourth-order valence-electron chi connectivity index (χ4n) is 6.50. The number of hydrogen-bond acceptors (Lipinski definition) is 4. The summed E-state index contributed by atoms with van der Waals surface area (Å²) in [6.45, 7) is 10.1. The molecule has 0 fully saturated rings. The van der Waals surface area contributed by atoms with Crippen molar-refractivity contribution in [2.24, 2.45) is 11.8 Å². The molecular formula is C43H84O4. The molecule has 0 atom stereocenters. The minimum Gasteiger partial charge on any atom is -0.465 e. The molecule has 0 radical (unpaired) electrons. The fourth-order valence-corrected chi connectivity index (χ4v) is 6.50. The highest BCUT2D eigenvalue weighted by Crippen LogP contribution is 2.16. The minimum absolute atomic E-state index is 0.253. The van der Waals surface area contributed by atoms with Crippen molar-refractivity contribution in [2.75, 3.05) is 13.2 Å². The first kappa shape index (κ1) is 45.9. The van der Waals surface area contributed by atoms with Gasteiger partial charge in [0.2, 0.25) is 0 Å². The smallest absolute Gasteiger partial charge is 0.317 e. The third-order valence-electron chi connectivity index (χ3n) is 9.67. The van der Waals surface area contributed by atoms with Crippen LogP contribution in [-0.4, -0.2) is 25.2 Å². The number of esters is 2. The van der Waals surface area contributed by atoms with Crippen LogP contribution in [0.4, 0.5) is 0 Å². The van der Waals surface area contributed by atoms with Crippen molar-refractivity contribution in [1.29, 1.82) is 0 Å². The van der Waals surface area contributed by atoms with Gasteiger partial charge < -0.3 is 9.47 Å². The summed E-state index contributed by atoms with van der Waals surface area (Å²) in [6, 6.07) is 0. The summed E-state index contributed by atoms with van der Waals surface area (Å²) in [5.74, 6) is 0.832. The van der Waals surface area contributed by atoms with Crippen LogP contribution in [-0.2, 0) is 19.1 Å². The maximum absolute atomic E-state index is 11.9. The van der Waals surface area contributed by atoms with E-state index in [-0.39, 0.29) is 6.42 Å². The Balaban J connectivity index is 3.27. The Labute approximate surface area is 295 Å². The Bertz CT molecular complexity index is 590. The summed E-state index contributed by atoms with van der Waals surface area (Å²) >= 11 is 0. The first-order valence-electron chi connectivity index (χ1n) is 21.2. The molecule has 0 aromatic heterocycles. The summed E-state index contributed by atoms with van der Waals surface area (Å²) in [7, 11) is 0. The molecule has 0 aromatic carbocycles. The Hall–Kier alpha value is -1.06. The van der Waals surface area contributed by atoms with Gasteiger partial charge in [-0.05, 0) is 24.7 Å². The van der Waals surface area contributed by atoms with Gasteiger partial charge in [-0.2, -0.15) is 0 Å². The zero-order valence-electron chi connectivity index (χ0n) is 32.5. The lowest BCUT2D eigenvalue weighted by molar-refractivity contribution is -0.154. The quantitative estimate of drug-likeness (QED) is 0.0374. The molecule has 4 heteroatoms. The molecule has 280 valence electrons. The average Bonchev–Trinajstić information content (AvgIpc) is 3.03.